The van der Waals surface area contributed by atoms with Crippen molar-refractivity contribution in [2.45, 2.75) is 42.9 Å². The number of nitrogens with zero attached hydrogens (tertiary/aromatic N) is 1. The fourth-order valence-electron chi connectivity index (χ4n) is 4.43. The van der Waals surface area contributed by atoms with Crippen molar-refractivity contribution in [2.24, 2.45) is 0 Å². The second kappa shape index (κ2) is 7.60. The van der Waals surface area contributed by atoms with Gasteiger partial charge in [0.15, 0.2) is 11.6 Å². The lowest BCUT2D eigenvalue weighted by Crippen LogP contribution is -2.54. The largest absolute Gasteiger partial charge is 0.310 e. The van der Waals surface area contributed by atoms with Crippen LogP contribution in [0, 0.1) is 0 Å². The zero-order chi connectivity index (χ0) is 17.2. The van der Waals surface area contributed by atoms with Crippen molar-refractivity contribution in [3.05, 3.63) is 35.4 Å². The normalized spacial score (nSPS) is 30.2. The van der Waals surface area contributed by atoms with Crippen LogP contribution in [0.25, 0.3) is 0 Å². The van der Waals surface area contributed by atoms with Crippen LogP contribution in [0.4, 0.5) is 0 Å². The van der Waals surface area contributed by atoms with Crippen LogP contribution in [0.1, 0.15) is 47.5 Å². The third kappa shape index (κ3) is 3.55. The maximum atomic E-state index is 13.3. The van der Waals surface area contributed by atoms with Crippen LogP contribution in [0.5, 0.6) is 0 Å². The molecule has 0 aromatic heterocycles. The first-order chi connectivity index (χ1) is 12.2. The van der Waals surface area contributed by atoms with Gasteiger partial charge in [-0.2, -0.15) is 0 Å². The number of rotatable bonds is 4. The third-order valence-electron chi connectivity index (χ3n) is 5.73. The highest BCUT2D eigenvalue weighted by Gasteiger charge is 2.41. The van der Waals surface area contributed by atoms with E-state index in [1.54, 1.807) is 11.8 Å². The van der Waals surface area contributed by atoms with E-state index in [-0.39, 0.29) is 28.8 Å². The second-order valence-corrected chi connectivity index (χ2v) is 8.63. The highest BCUT2D eigenvalue weighted by molar-refractivity contribution is 8.00. The molecule has 0 saturated carbocycles. The van der Waals surface area contributed by atoms with E-state index in [4.69, 9.17) is 0 Å². The molecule has 1 aromatic carbocycles. The van der Waals surface area contributed by atoms with Gasteiger partial charge < -0.3 is 10.2 Å². The molecule has 4 rings (SSSR count). The molecule has 25 heavy (non-hydrogen) atoms. The van der Waals surface area contributed by atoms with Gasteiger partial charge in [0.05, 0.1) is 11.2 Å². The van der Waals surface area contributed by atoms with E-state index >= 15 is 0 Å². The Kier molecular flexibility index (Phi) is 5.25. The molecule has 1 N–H and O–H groups in total. The van der Waals surface area contributed by atoms with E-state index in [2.05, 4.69) is 10.2 Å². The summed E-state index contributed by atoms with van der Waals surface area (Å²) in [6.07, 6.45) is 4.21. The summed E-state index contributed by atoms with van der Waals surface area (Å²) in [5, 5.41) is 3.55. The van der Waals surface area contributed by atoms with Gasteiger partial charge >= 0.3 is 0 Å². The van der Waals surface area contributed by atoms with E-state index in [1.165, 1.54) is 19.3 Å². The van der Waals surface area contributed by atoms with E-state index in [0.29, 0.717) is 6.42 Å². The van der Waals surface area contributed by atoms with Crippen LogP contribution < -0.4 is 5.32 Å². The molecule has 3 unspecified atom stereocenters. The number of Topliss-reactive ketones (excluding diaryl/α,β-unsaturated/α-hetero) is 2. The number of hydrogen-bond acceptors (Lipinski definition) is 5. The predicted molar refractivity (Wildman–Crippen MR) is 101 cm³/mol. The van der Waals surface area contributed by atoms with Crippen molar-refractivity contribution in [2.75, 3.05) is 31.9 Å². The molecule has 2 fully saturated rings. The summed E-state index contributed by atoms with van der Waals surface area (Å²) in [7, 11) is 0. The van der Waals surface area contributed by atoms with E-state index in [1.807, 2.05) is 24.3 Å². The number of ketones is 2. The number of carbonyl (C=O) groups is 2. The lowest BCUT2D eigenvalue weighted by atomic mass is 9.91. The van der Waals surface area contributed by atoms with E-state index in [0.717, 1.165) is 43.1 Å². The van der Waals surface area contributed by atoms with Crippen LogP contribution in [-0.2, 0) is 4.79 Å². The average molecular weight is 359 g/mol. The molecular formula is C20H26N2O2S. The van der Waals surface area contributed by atoms with Crippen molar-refractivity contribution in [3.8, 4) is 0 Å². The van der Waals surface area contributed by atoms with Crippen molar-refractivity contribution in [3.63, 3.8) is 0 Å². The zero-order valence-electron chi connectivity index (χ0n) is 14.6. The Morgan fingerprint density at radius 3 is 2.84 bits per heavy atom. The second-order valence-electron chi connectivity index (χ2n) is 7.38. The minimum absolute atomic E-state index is 0.0420. The molecule has 1 aromatic rings. The molecule has 2 heterocycles. The fraction of sp³-hybridized carbons (Fsp3) is 0.600. The summed E-state index contributed by atoms with van der Waals surface area (Å²) in [5.41, 5.74) is 1.70. The van der Waals surface area contributed by atoms with Crippen LogP contribution >= 0.6 is 11.8 Å². The number of hydrogen-bond donors (Lipinski definition) is 1. The first-order valence-corrected chi connectivity index (χ1v) is 10.5. The fourth-order valence-corrected chi connectivity index (χ4v) is 5.66. The monoisotopic (exact) mass is 358 g/mol. The SMILES string of the molecule is O=C1CC(C(=O)C2SCCNC2CN2CCCCC2)c2ccccc21. The number of likely N-dealkylation sites (tertiary alicyclic amines) is 1. The van der Waals surface area contributed by atoms with Gasteiger partial charge in [-0.15, -0.1) is 11.8 Å². The summed E-state index contributed by atoms with van der Waals surface area (Å²) in [6, 6.07) is 7.85. The minimum atomic E-state index is -0.245. The van der Waals surface area contributed by atoms with Gasteiger partial charge in [-0.25, -0.2) is 0 Å². The van der Waals surface area contributed by atoms with Crippen molar-refractivity contribution < 1.29 is 9.59 Å². The maximum Gasteiger partial charge on any atom is 0.164 e. The van der Waals surface area contributed by atoms with Crippen LogP contribution in [0.2, 0.25) is 0 Å². The Morgan fingerprint density at radius 1 is 1.20 bits per heavy atom. The highest BCUT2D eigenvalue weighted by atomic mass is 32.2. The van der Waals surface area contributed by atoms with E-state index in [9.17, 15) is 9.59 Å². The average Bonchev–Trinajstić information content (AvgIpc) is 3.00. The number of piperidine rings is 1. The Balaban J connectivity index is 1.50. The maximum absolute atomic E-state index is 13.3. The number of nitrogens with one attached hydrogen (secondary N) is 1. The summed E-state index contributed by atoms with van der Waals surface area (Å²) < 4.78 is 0. The molecule has 0 radical (unpaired) electrons. The van der Waals surface area contributed by atoms with Crippen molar-refractivity contribution in [1.82, 2.24) is 10.2 Å². The standard InChI is InChI=1S/C20H26N2O2S/c23-18-12-16(14-6-2-3-7-15(14)18)19(24)20-17(21-8-11-25-20)13-22-9-4-1-5-10-22/h2-3,6-7,16-17,20-21H,1,4-5,8-13H2. The number of benzene rings is 1. The van der Waals surface area contributed by atoms with Crippen molar-refractivity contribution in [1.29, 1.82) is 0 Å². The summed E-state index contributed by atoms with van der Waals surface area (Å²) in [6.45, 7) is 4.21. The molecule has 4 nitrogen and oxygen atoms in total. The Bertz CT molecular complexity index is 657. The Hall–Kier alpha value is -1.17. The molecule has 5 heteroatoms. The molecule has 3 atom stereocenters. The number of thioether (sulfide) groups is 1. The van der Waals surface area contributed by atoms with Gasteiger partial charge in [0.25, 0.3) is 0 Å². The first-order valence-electron chi connectivity index (χ1n) is 9.47. The molecule has 2 saturated heterocycles. The van der Waals surface area contributed by atoms with Gasteiger partial charge in [0, 0.05) is 36.9 Å². The zero-order valence-corrected chi connectivity index (χ0v) is 15.4. The minimum Gasteiger partial charge on any atom is -0.310 e. The summed E-state index contributed by atoms with van der Waals surface area (Å²) in [5.74, 6) is 1.09. The third-order valence-corrected chi connectivity index (χ3v) is 7.08. The van der Waals surface area contributed by atoms with Crippen molar-refractivity contribution >= 4 is 23.3 Å². The van der Waals surface area contributed by atoms with Gasteiger partial charge in [0.1, 0.15) is 0 Å². The number of fused-ring (bicyclic) bond motifs is 1. The molecule has 0 bridgehead atoms. The van der Waals surface area contributed by atoms with E-state index < -0.39 is 0 Å². The quantitative estimate of drug-likeness (QED) is 0.896. The predicted octanol–water partition coefficient (Wildman–Crippen LogP) is 2.49. The molecule has 0 amide bonds. The lowest BCUT2D eigenvalue weighted by molar-refractivity contribution is -0.120. The summed E-state index contributed by atoms with van der Waals surface area (Å²) in [4.78, 5) is 28.1. The first kappa shape index (κ1) is 17.3. The molecule has 0 spiro atoms. The molecule has 1 aliphatic carbocycles. The van der Waals surface area contributed by atoms with Gasteiger partial charge in [-0.3, -0.25) is 9.59 Å². The topological polar surface area (TPSA) is 49.4 Å². The lowest BCUT2D eigenvalue weighted by Gasteiger charge is -2.37. The molecule has 2 aliphatic heterocycles. The smallest absolute Gasteiger partial charge is 0.164 e. The summed E-state index contributed by atoms with van der Waals surface area (Å²) >= 11 is 1.78. The van der Waals surface area contributed by atoms with Crippen LogP contribution in [-0.4, -0.2) is 59.7 Å². The molecule has 3 aliphatic rings. The Labute approximate surface area is 153 Å². The Morgan fingerprint density at radius 2 is 2.00 bits per heavy atom. The van der Waals surface area contributed by atoms with Crippen LogP contribution in [0.3, 0.4) is 0 Å². The van der Waals surface area contributed by atoms with Gasteiger partial charge in [0.2, 0.25) is 0 Å². The van der Waals surface area contributed by atoms with Crippen LogP contribution in [0.15, 0.2) is 24.3 Å². The highest BCUT2D eigenvalue weighted by Crippen LogP contribution is 2.37. The van der Waals surface area contributed by atoms with Gasteiger partial charge in [-0.05, 0) is 31.5 Å². The number of carbonyl (C=O) groups excluding carboxylic acids is 2. The molecular weight excluding hydrogens is 332 g/mol. The molecule has 134 valence electrons. The van der Waals surface area contributed by atoms with Gasteiger partial charge in [-0.1, -0.05) is 30.7 Å².